The summed E-state index contributed by atoms with van der Waals surface area (Å²) in [5.41, 5.74) is 2.44. The molecule has 0 aromatic carbocycles. The van der Waals surface area contributed by atoms with E-state index in [4.69, 9.17) is 0 Å². The molecule has 0 spiro atoms. The molecule has 0 unspecified atom stereocenters. The van der Waals surface area contributed by atoms with E-state index in [1.165, 1.54) is 11.3 Å². The topological polar surface area (TPSA) is 49.8 Å². The second-order valence-corrected chi connectivity index (χ2v) is 4.19. The van der Waals surface area contributed by atoms with Crippen molar-refractivity contribution < 1.29 is 0 Å². The Hall–Kier alpha value is -1.16. The predicted molar refractivity (Wildman–Crippen MR) is 61.1 cm³/mol. The number of hydrogen-bond donors (Lipinski definition) is 2. The molecule has 1 aromatic heterocycles. The molecule has 2 N–H and O–H groups in total. The van der Waals surface area contributed by atoms with E-state index < -0.39 is 0 Å². The summed E-state index contributed by atoms with van der Waals surface area (Å²) in [4.78, 5) is 9.17. The Labute approximate surface area is 90.5 Å². The van der Waals surface area contributed by atoms with Gasteiger partial charge in [-0.15, -0.1) is 0 Å². The fraction of sp³-hybridized carbons (Fsp3) is 0.636. The molecule has 0 fully saturated rings. The molecule has 1 aliphatic heterocycles. The third kappa shape index (κ3) is 1.95. The lowest BCUT2D eigenvalue weighted by Crippen LogP contribution is -2.26. The van der Waals surface area contributed by atoms with Crippen LogP contribution in [0, 0.1) is 0 Å². The quantitative estimate of drug-likeness (QED) is 0.765. The van der Waals surface area contributed by atoms with Crippen LogP contribution in [0.5, 0.6) is 0 Å². The minimum atomic E-state index is 0.386. The number of hydrogen-bond acceptors (Lipinski definition) is 4. The molecule has 15 heavy (non-hydrogen) atoms. The third-order valence-corrected chi connectivity index (χ3v) is 2.70. The van der Waals surface area contributed by atoms with Gasteiger partial charge in [0.25, 0.3) is 0 Å². The van der Waals surface area contributed by atoms with Gasteiger partial charge in [0.15, 0.2) is 0 Å². The number of nitrogens with one attached hydrogen (secondary N) is 2. The first-order valence-electron chi connectivity index (χ1n) is 5.50. The fourth-order valence-corrected chi connectivity index (χ4v) is 1.83. The highest BCUT2D eigenvalue weighted by Crippen LogP contribution is 2.22. The molecule has 0 aliphatic carbocycles. The van der Waals surface area contributed by atoms with E-state index in [1.807, 2.05) is 7.05 Å². The lowest BCUT2D eigenvalue weighted by molar-refractivity contribution is 0.616. The first kappa shape index (κ1) is 10.4. The average Bonchev–Trinajstić information content (AvgIpc) is 2.27. The largest absolute Gasteiger partial charge is 0.373 e. The van der Waals surface area contributed by atoms with Crippen molar-refractivity contribution in [1.82, 2.24) is 15.3 Å². The van der Waals surface area contributed by atoms with E-state index in [1.54, 1.807) is 0 Å². The number of aromatic nitrogens is 2. The highest BCUT2D eigenvalue weighted by molar-refractivity contribution is 5.47. The summed E-state index contributed by atoms with van der Waals surface area (Å²) in [5, 5.41) is 6.50. The number of anilines is 1. The van der Waals surface area contributed by atoms with E-state index in [0.29, 0.717) is 5.92 Å². The van der Waals surface area contributed by atoms with Gasteiger partial charge in [-0.3, -0.25) is 0 Å². The Morgan fingerprint density at radius 1 is 1.33 bits per heavy atom. The van der Waals surface area contributed by atoms with E-state index in [9.17, 15) is 0 Å². The van der Waals surface area contributed by atoms with Gasteiger partial charge in [-0.25, -0.2) is 9.97 Å². The average molecular weight is 206 g/mol. The smallest absolute Gasteiger partial charge is 0.134 e. The standard InChI is InChI=1S/C11H18N4/c1-7(2)10-14-9-4-5-13-6-8(9)11(12-3)15-10/h7,13H,4-6H2,1-3H3,(H,12,14,15). The first-order valence-corrected chi connectivity index (χ1v) is 5.50. The number of rotatable bonds is 2. The van der Waals surface area contributed by atoms with Crippen LogP contribution in [0.2, 0.25) is 0 Å². The van der Waals surface area contributed by atoms with Crippen molar-refractivity contribution >= 4 is 5.82 Å². The second kappa shape index (κ2) is 4.14. The van der Waals surface area contributed by atoms with E-state index in [0.717, 1.165) is 31.2 Å². The van der Waals surface area contributed by atoms with Crippen LogP contribution in [0.25, 0.3) is 0 Å². The zero-order chi connectivity index (χ0) is 10.8. The van der Waals surface area contributed by atoms with Crippen LogP contribution in [0.3, 0.4) is 0 Å². The van der Waals surface area contributed by atoms with Crippen molar-refractivity contribution in [3.8, 4) is 0 Å². The molecule has 1 aliphatic rings. The van der Waals surface area contributed by atoms with Gasteiger partial charge in [0.05, 0.1) is 5.69 Å². The Bertz CT molecular complexity index is 343. The molecule has 4 heteroatoms. The van der Waals surface area contributed by atoms with Crippen LogP contribution in [0.15, 0.2) is 0 Å². The molecule has 82 valence electrons. The molecule has 0 bridgehead atoms. The summed E-state index contributed by atoms with van der Waals surface area (Å²) in [5.74, 6) is 2.31. The lowest BCUT2D eigenvalue weighted by Gasteiger charge is -2.20. The van der Waals surface area contributed by atoms with Gasteiger partial charge in [0.1, 0.15) is 11.6 Å². The van der Waals surface area contributed by atoms with Gasteiger partial charge >= 0.3 is 0 Å². The summed E-state index contributed by atoms with van der Waals surface area (Å²) in [6.45, 7) is 6.15. The molecule has 1 aromatic rings. The Balaban J connectivity index is 2.48. The van der Waals surface area contributed by atoms with E-state index >= 15 is 0 Å². The van der Waals surface area contributed by atoms with Gasteiger partial charge in [0, 0.05) is 38.0 Å². The highest BCUT2D eigenvalue weighted by atomic mass is 15.0. The minimum Gasteiger partial charge on any atom is -0.373 e. The SMILES string of the molecule is CNc1nc(C(C)C)nc2c1CNCC2. The van der Waals surface area contributed by atoms with Crippen LogP contribution in [0.1, 0.15) is 36.8 Å². The van der Waals surface area contributed by atoms with Crippen molar-refractivity contribution in [1.29, 1.82) is 0 Å². The summed E-state index contributed by atoms with van der Waals surface area (Å²) in [6.07, 6.45) is 1.01. The van der Waals surface area contributed by atoms with Crippen LogP contribution >= 0.6 is 0 Å². The monoisotopic (exact) mass is 206 g/mol. The summed E-state index contributed by atoms with van der Waals surface area (Å²) < 4.78 is 0. The van der Waals surface area contributed by atoms with Crippen molar-refractivity contribution in [3.05, 3.63) is 17.1 Å². The summed E-state index contributed by atoms with van der Waals surface area (Å²) in [6, 6.07) is 0. The normalized spacial score (nSPS) is 15.2. The maximum absolute atomic E-state index is 4.63. The van der Waals surface area contributed by atoms with Crippen LogP contribution in [-0.2, 0) is 13.0 Å². The second-order valence-electron chi connectivity index (χ2n) is 4.19. The molecule has 0 amide bonds. The van der Waals surface area contributed by atoms with E-state index in [-0.39, 0.29) is 0 Å². The Morgan fingerprint density at radius 3 is 2.80 bits per heavy atom. The molecule has 2 rings (SSSR count). The Kier molecular flexibility index (Phi) is 2.86. The predicted octanol–water partition coefficient (Wildman–Crippen LogP) is 1.29. The van der Waals surface area contributed by atoms with Crippen molar-refractivity contribution in [2.75, 3.05) is 18.9 Å². The van der Waals surface area contributed by atoms with Crippen molar-refractivity contribution in [2.45, 2.75) is 32.7 Å². The van der Waals surface area contributed by atoms with E-state index in [2.05, 4.69) is 34.4 Å². The minimum absolute atomic E-state index is 0.386. The van der Waals surface area contributed by atoms with Crippen molar-refractivity contribution in [2.24, 2.45) is 0 Å². The Morgan fingerprint density at radius 2 is 2.13 bits per heavy atom. The molecule has 0 saturated heterocycles. The highest BCUT2D eigenvalue weighted by Gasteiger charge is 2.17. The molecule has 4 nitrogen and oxygen atoms in total. The zero-order valence-electron chi connectivity index (χ0n) is 9.59. The lowest BCUT2D eigenvalue weighted by atomic mass is 10.1. The van der Waals surface area contributed by atoms with Gasteiger partial charge in [-0.1, -0.05) is 13.8 Å². The molecular formula is C11H18N4. The summed E-state index contributed by atoms with van der Waals surface area (Å²) >= 11 is 0. The molecule has 0 atom stereocenters. The van der Waals surface area contributed by atoms with Gasteiger partial charge < -0.3 is 10.6 Å². The van der Waals surface area contributed by atoms with Crippen LogP contribution in [-0.4, -0.2) is 23.6 Å². The van der Waals surface area contributed by atoms with Crippen LogP contribution < -0.4 is 10.6 Å². The zero-order valence-corrected chi connectivity index (χ0v) is 9.59. The third-order valence-electron chi connectivity index (χ3n) is 2.70. The molecule has 2 heterocycles. The fourth-order valence-electron chi connectivity index (χ4n) is 1.83. The maximum atomic E-state index is 4.63. The van der Waals surface area contributed by atoms with Crippen LogP contribution in [0.4, 0.5) is 5.82 Å². The van der Waals surface area contributed by atoms with Gasteiger partial charge in [-0.05, 0) is 0 Å². The molecular weight excluding hydrogens is 188 g/mol. The van der Waals surface area contributed by atoms with Crippen molar-refractivity contribution in [3.63, 3.8) is 0 Å². The maximum Gasteiger partial charge on any atom is 0.134 e. The molecule has 0 saturated carbocycles. The first-order chi connectivity index (χ1) is 7.22. The number of nitrogens with zero attached hydrogens (tertiary/aromatic N) is 2. The van der Waals surface area contributed by atoms with Gasteiger partial charge in [-0.2, -0.15) is 0 Å². The molecule has 0 radical (unpaired) electrons. The summed E-state index contributed by atoms with van der Waals surface area (Å²) in [7, 11) is 1.92. The number of fused-ring (bicyclic) bond motifs is 1. The van der Waals surface area contributed by atoms with Gasteiger partial charge in [0.2, 0.25) is 0 Å².